The molecule has 2 aromatic carbocycles. The van der Waals surface area contributed by atoms with Crippen molar-refractivity contribution in [3.8, 4) is 17.2 Å². The lowest BCUT2D eigenvalue weighted by Gasteiger charge is -2.35. The van der Waals surface area contributed by atoms with Gasteiger partial charge in [-0.2, -0.15) is 5.26 Å². The standard InChI is InChI=1S/C30H41N/c1-3-5-7-8-9-11-25-12-14-27(15-13-25)28-16-18-29(19-17-28)30(24-31)22-20-26(21-23-30)10-6-4-2/h12-19,26H,3-11,20-23H2,1-2H3/t26-,30+. The minimum atomic E-state index is -0.275. The Morgan fingerprint density at radius 3 is 1.94 bits per heavy atom. The topological polar surface area (TPSA) is 23.8 Å². The van der Waals surface area contributed by atoms with Crippen molar-refractivity contribution in [2.45, 2.75) is 103 Å². The van der Waals surface area contributed by atoms with E-state index in [-0.39, 0.29) is 5.41 Å². The van der Waals surface area contributed by atoms with Crippen LogP contribution in [0.2, 0.25) is 0 Å². The Bertz CT molecular complexity index is 801. The number of aryl methyl sites for hydroxylation is 1. The van der Waals surface area contributed by atoms with Crippen LogP contribution >= 0.6 is 0 Å². The van der Waals surface area contributed by atoms with Crippen LogP contribution in [0.15, 0.2) is 48.5 Å². The number of nitriles is 1. The van der Waals surface area contributed by atoms with E-state index in [1.165, 1.54) is 92.9 Å². The highest BCUT2D eigenvalue weighted by molar-refractivity contribution is 5.64. The van der Waals surface area contributed by atoms with Crippen molar-refractivity contribution in [1.29, 1.82) is 5.26 Å². The molecule has 166 valence electrons. The van der Waals surface area contributed by atoms with Crippen molar-refractivity contribution in [2.24, 2.45) is 5.92 Å². The molecule has 31 heavy (non-hydrogen) atoms. The van der Waals surface area contributed by atoms with Crippen molar-refractivity contribution in [2.75, 3.05) is 0 Å². The maximum Gasteiger partial charge on any atom is 0.0822 e. The molecule has 1 saturated carbocycles. The Hall–Kier alpha value is -2.07. The third kappa shape index (κ3) is 6.46. The molecule has 0 heterocycles. The number of benzene rings is 2. The third-order valence-corrected chi connectivity index (χ3v) is 7.43. The molecule has 1 heteroatoms. The Morgan fingerprint density at radius 1 is 0.774 bits per heavy atom. The molecule has 0 amide bonds. The second-order valence-corrected chi connectivity index (χ2v) is 9.72. The summed E-state index contributed by atoms with van der Waals surface area (Å²) in [6, 6.07) is 20.7. The number of hydrogen-bond donors (Lipinski definition) is 0. The van der Waals surface area contributed by atoms with Crippen LogP contribution in [0.4, 0.5) is 0 Å². The van der Waals surface area contributed by atoms with Crippen molar-refractivity contribution in [3.05, 3.63) is 59.7 Å². The lowest BCUT2D eigenvalue weighted by Crippen LogP contribution is -2.30. The first-order chi connectivity index (χ1) is 15.2. The Kier molecular flexibility index (Phi) is 9.20. The van der Waals surface area contributed by atoms with Crippen molar-refractivity contribution < 1.29 is 0 Å². The number of hydrogen-bond acceptors (Lipinski definition) is 1. The molecule has 0 radical (unpaired) electrons. The van der Waals surface area contributed by atoms with Gasteiger partial charge in [0.25, 0.3) is 0 Å². The highest BCUT2D eigenvalue weighted by atomic mass is 14.4. The second kappa shape index (κ2) is 12.1. The van der Waals surface area contributed by atoms with Crippen molar-refractivity contribution in [1.82, 2.24) is 0 Å². The van der Waals surface area contributed by atoms with Gasteiger partial charge in [0, 0.05) is 0 Å². The van der Waals surface area contributed by atoms with Gasteiger partial charge in [0.15, 0.2) is 0 Å². The molecular formula is C30H41N. The van der Waals surface area contributed by atoms with Gasteiger partial charge in [0.1, 0.15) is 0 Å². The molecule has 0 atom stereocenters. The minimum Gasteiger partial charge on any atom is -0.197 e. The molecule has 3 rings (SSSR count). The molecular weight excluding hydrogens is 374 g/mol. The van der Waals surface area contributed by atoms with Crippen LogP contribution < -0.4 is 0 Å². The van der Waals surface area contributed by atoms with Gasteiger partial charge in [0.05, 0.1) is 11.5 Å². The fraction of sp³-hybridized carbons (Fsp3) is 0.567. The molecule has 1 fully saturated rings. The van der Waals surface area contributed by atoms with Gasteiger partial charge < -0.3 is 0 Å². The van der Waals surface area contributed by atoms with Crippen LogP contribution in [0.1, 0.15) is 102 Å². The van der Waals surface area contributed by atoms with E-state index < -0.39 is 0 Å². The van der Waals surface area contributed by atoms with E-state index in [4.69, 9.17) is 0 Å². The summed E-state index contributed by atoms with van der Waals surface area (Å²) in [4.78, 5) is 0. The summed E-state index contributed by atoms with van der Waals surface area (Å²) < 4.78 is 0. The molecule has 0 unspecified atom stereocenters. The van der Waals surface area contributed by atoms with Crippen LogP contribution in [0, 0.1) is 17.2 Å². The molecule has 0 saturated heterocycles. The molecule has 0 bridgehead atoms. The van der Waals surface area contributed by atoms with Crippen LogP contribution in [0.5, 0.6) is 0 Å². The average Bonchev–Trinajstić information content (AvgIpc) is 2.83. The normalized spacial score (nSPS) is 21.0. The number of rotatable bonds is 11. The molecule has 0 aromatic heterocycles. The molecule has 0 spiro atoms. The third-order valence-electron chi connectivity index (χ3n) is 7.43. The average molecular weight is 416 g/mol. The molecule has 1 nitrogen and oxygen atoms in total. The van der Waals surface area contributed by atoms with Gasteiger partial charge in [0.2, 0.25) is 0 Å². The van der Waals surface area contributed by atoms with Gasteiger partial charge in [-0.05, 0) is 66.7 Å². The predicted octanol–water partition coefficient (Wildman–Crippen LogP) is 9.01. The highest BCUT2D eigenvalue weighted by Gasteiger charge is 2.36. The lowest BCUT2D eigenvalue weighted by molar-refractivity contribution is 0.263. The zero-order valence-electron chi connectivity index (χ0n) is 19.8. The highest BCUT2D eigenvalue weighted by Crippen LogP contribution is 2.43. The maximum absolute atomic E-state index is 10.0. The maximum atomic E-state index is 10.0. The van der Waals surface area contributed by atoms with Gasteiger partial charge in [-0.25, -0.2) is 0 Å². The monoisotopic (exact) mass is 415 g/mol. The second-order valence-electron chi connectivity index (χ2n) is 9.72. The first-order valence-corrected chi connectivity index (χ1v) is 12.8. The Labute approximate surface area is 190 Å². The molecule has 1 aliphatic carbocycles. The number of unbranched alkanes of at least 4 members (excludes halogenated alkanes) is 5. The summed E-state index contributed by atoms with van der Waals surface area (Å²) in [5, 5.41) is 10.0. The first kappa shape index (κ1) is 23.6. The summed E-state index contributed by atoms with van der Waals surface area (Å²) in [5.41, 5.74) is 4.91. The molecule has 2 aromatic rings. The lowest BCUT2D eigenvalue weighted by atomic mass is 9.67. The Balaban J connectivity index is 1.59. The van der Waals surface area contributed by atoms with Crippen molar-refractivity contribution >= 4 is 0 Å². The summed E-state index contributed by atoms with van der Waals surface area (Å²) in [5.74, 6) is 0.825. The van der Waals surface area contributed by atoms with Crippen LogP contribution in [0.3, 0.4) is 0 Å². The van der Waals surface area contributed by atoms with Crippen molar-refractivity contribution in [3.63, 3.8) is 0 Å². The summed E-state index contributed by atoms with van der Waals surface area (Å²) in [6.45, 7) is 4.54. The molecule has 0 aliphatic heterocycles. The molecule has 0 N–H and O–H groups in total. The predicted molar refractivity (Wildman–Crippen MR) is 133 cm³/mol. The smallest absolute Gasteiger partial charge is 0.0822 e. The van der Waals surface area contributed by atoms with E-state index in [9.17, 15) is 5.26 Å². The van der Waals surface area contributed by atoms with Gasteiger partial charge in [-0.3, -0.25) is 0 Å². The van der Waals surface area contributed by atoms with E-state index in [1.807, 2.05) is 0 Å². The van der Waals surface area contributed by atoms with E-state index in [1.54, 1.807) is 0 Å². The largest absolute Gasteiger partial charge is 0.197 e. The summed E-state index contributed by atoms with van der Waals surface area (Å²) >= 11 is 0. The first-order valence-electron chi connectivity index (χ1n) is 12.8. The van der Waals surface area contributed by atoms with E-state index in [0.717, 1.165) is 18.8 Å². The zero-order valence-corrected chi connectivity index (χ0v) is 19.8. The SMILES string of the molecule is CCCCCCCc1ccc(-c2ccc([C@]3(C#N)CC[C@H](CCCC)CC3)cc2)cc1. The van der Waals surface area contributed by atoms with E-state index >= 15 is 0 Å². The zero-order chi connectivity index (χ0) is 21.9. The van der Waals surface area contributed by atoms with Gasteiger partial charge in [-0.15, -0.1) is 0 Å². The quantitative estimate of drug-likeness (QED) is 0.336. The summed E-state index contributed by atoms with van der Waals surface area (Å²) in [7, 11) is 0. The molecule has 1 aliphatic rings. The summed E-state index contributed by atoms with van der Waals surface area (Å²) in [6.07, 6.45) is 16.3. The van der Waals surface area contributed by atoms with E-state index in [2.05, 4.69) is 68.4 Å². The fourth-order valence-corrected chi connectivity index (χ4v) is 5.20. The van der Waals surface area contributed by atoms with E-state index in [0.29, 0.717) is 0 Å². The van der Waals surface area contributed by atoms with Gasteiger partial charge >= 0.3 is 0 Å². The van der Waals surface area contributed by atoms with Crippen LogP contribution in [0.25, 0.3) is 11.1 Å². The Morgan fingerprint density at radius 2 is 1.35 bits per heavy atom. The van der Waals surface area contributed by atoms with Gasteiger partial charge in [-0.1, -0.05) is 107 Å². The number of nitrogens with zero attached hydrogens (tertiary/aromatic N) is 1. The fourth-order valence-electron chi connectivity index (χ4n) is 5.20. The minimum absolute atomic E-state index is 0.275. The van der Waals surface area contributed by atoms with Crippen LogP contribution in [-0.2, 0) is 11.8 Å². The van der Waals surface area contributed by atoms with Crippen LogP contribution in [-0.4, -0.2) is 0 Å².